The number of benzene rings is 1. The van der Waals surface area contributed by atoms with Crippen molar-refractivity contribution in [2.75, 3.05) is 6.67 Å². The first-order chi connectivity index (χ1) is 10.1. The predicted molar refractivity (Wildman–Crippen MR) is 79.3 cm³/mol. The van der Waals surface area contributed by atoms with Gasteiger partial charge in [0, 0.05) is 22.9 Å². The number of nitrogens with one attached hydrogen (secondary N) is 1. The molecule has 1 aromatic carbocycles. The Morgan fingerprint density at radius 1 is 1.43 bits per heavy atom. The first-order valence-corrected chi connectivity index (χ1v) is 7.31. The maximum atomic E-state index is 12.3. The molecule has 0 bridgehead atoms. The molecule has 1 amide bonds. The summed E-state index contributed by atoms with van der Waals surface area (Å²) in [7, 11) is 0. The van der Waals surface area contributed by atoms with Gasteiger partial charge in [-0.25, -0.2) is 4.39 Å². The van der Waals surface area contributed by atoms with Crippen LogP contribution in [-0.2, 0) is 11.2 Å². The lowest BCUT2D eigenvalue weighted by atomic mass is 10.2. The van der Waals surface area contributed by atoms with E-state index in [0.29, 0.717) is 18.1 Å². The molecular weight excluding hydrogens is 341 g/mol. The number of carbonyl (C=O) groups is 1. The second kappa shape index (κ2) is 7.31. The highest BCUT2D eigenvalue weighted by atomic mass is 79.9. The number of hydrogen-bond donors (Lipinski definition) is 1. The average molecular weight is 356 g/mol. The molecule has 2 rings (SSSR count). The zero-order chi connectivity index (χ0) is 15.2. The van der Waals surface area contributed by atoms with Gasteiger partial charge in [-0.15, -0.1) is 0 Å². The van der Waals surface area contributed by atoms with Crippen molar-refractivity contribution in [2.45, 2.75) is 25.8 Å². The van der Waals surface area contributed by atoms with Crippen molar-refractivity contribution in [3.63, 3.8) is 0 Å². The zero-order valence-corrected chi connectivity index (χ0v) is 13.1. The minimum absolute atomic E-state index is 0.187. The Kier molecular flexibility index (Phi) is 5.44. The minimum Gasteiger partial charge on any atom is -0.351 e. The highest BCUT2D eigenvalue weighted by molar-refractivity contribution is 9.10. The second-order valence-corrected chi connectivity index (χ2v) is 5.56. The Bertz CT molecular complexity index is 601. The smallest absolute Gasteiger partial charge is 0.227 e. The van der Waals surface area contributed by atoms with E-state index in [9.17, 15) is 9.18 Å². The van der Waals surface area contributed by atoms with Gasteiger partial charge in [0.05, 0.1) is 6.04 Å². The number of aryl methyl sites for hydroxylation is 1. The van der Waals surface area contributed by atoms with Gasteiger partial charge in [0.25, 0.3) is 0 Å². The van der Waals surface area contributed by atoms with Crippen LogP contribution in [0.2, 0.25) is 0 Å². The highest BCUT2D eigenvalue weighted by Crippen LogP contribution is 2.19. The van der Waals surface area contributed by atoms with E-state index in [2.05, 4.69) is 31.4 Å². The van der Waals surface area contributed by atoms with E-state index in [1.54, 1.807) is 6.92 Å². The maximum Gasteiger partial charge on any atom is 0.227 e. The predicted octanol–water partition coefficient (Wildman–Crippen LogP) is 2.91. The van der Waals surface area contributed by atoms with Crippen LogP contribution in [0.5, 0.6) is 0 Å². The molecule has 0 aliphatic heterocycles. The standard InChI is InChI=1S/C14H15BrFN3O2/c1-9(8-16)17-12(20)6-7-13-18-14(19-21-13)10-2-4-11(15)5-3-10/h2-5,9H,6-8H2,1H3,(H,17,20)/t9-/m0/s1. The molecule has 0 aliphatic rings. The fourth-order valence-corrected chi connectivity index (χ4v) is 1.94. The van der Waals surface area contributed by atoms with Crippen LogP contribution in [0, 0.1) is 0 Å². The van der Waals surface area contributed by atoms with E-state index >= 15 is 0 Å². The molecule has 1 N–H and O–H groups in total. The van der Waals surface area contributed by atoms with E-state index in [-0.39, 0.29) is 12.3 Å². The minimum atomic E-state index is -0.583. The number of amides is 1. The Morgan fingerprint density at radius 3 is 2.81 bits per heavy atom. The Hall–Kier alpha value is -1.76. The van der Waals surface area contributed by atoms with Crippen molar-refractivity contribution in [1.82, 2.24) is 15.5 Å². The number of aromatic nitrogens is 2. The van der Waals surface area contributed by atoms with E-state index in [1.165, 1.54) is 0 Å². The number of carbonyl (C=O) groups excluding carboxylic acids is 1. The molecule has 2 aromatic rings. The molecule has 0 aliphatic carbocycles. The summed E-state index contributed by atoms with van der Waals surface area (Å²) in [5.74, 6) is 0.634. The van der Waals surface area contributed by atoms with Crippen molar-refractivity contribution in [1.29, 1.82) is 0 Å². The number of rotatable bonds is 6. The SMILES string of the molecule is C[C@@H](CF)NC(=O)CCc1nc(-c2ccc(Br)cc2)no1. The second-order valence-electron chi connectivity index (χ2n) is 4.64. The molecule has 0 unspecified atom stereocenters. The summed E-state index contributed by atoms with van der Waals surface area (Å²) in [6, 6.07) is 7.04. The van der Waals surface area contributed by atoms with Crippen LogP contribution in [0.1, 0.15) is 19.2 Å². The van der Waals surface area contributed by atoms with Gasteiger partial charge in [0.1, 0.15) is 6.67 Å². The number of alkyl halides is 1. The summed E-state index contributed by atoms with van der Waals surface area (Å²) in [6.45, 7) is 1.02. The van der Waals surface area contributed by atoms with Crippen LogP contribution in [-0.4, -0.2) is 28.8 Å². The molecule has 112 valence electrons. The maximum absolute atomic E-state index is 12.3. The van der Waals surface area contributed by atoms with Crippen molar-refractivity contribution < 1.29 is 13.7 Å². The molecule has 0 radical (unpaired) electrons. The summed E-state index contributed by atoms with van der Waals surface area (Å²) in [5.41, 5.74) is 0.837. The van der Waals surface area contributed by atoms with Crippen LogP contribution in [0.4, 0.5) is 4.39 Å². The van der Waals surface area contributed by atoms with Gasteiger partial charge in [-0.2, -0.15) is 4.98 Å². The summed E-state index contributed by atoms with van der Waals surface area (Å²) in [5, 5.41) is 6.41. The van der Waals surface area contributed by atoms with E-state index in [4.69, 9.17) is 4.52 Å². The van der Waals surface area contributed by atoms with Crippen LogP contribution in [0.3, 0.4) is 0 Å². The lowest BCUT2D eigenvalue weighted by molar-refractivity contribution is -0.121. The number of nitrogens with zero attached hydrogens (tertiary/aromatic N) is 2. The lowest BCUT2D eigenvalue weighted by Crippen LogP contribution is -2.34. The number of hydrogen-bond acceptors (Lipinski definition) is 4. The largest absolute Gasteiger partial charge is 0.351 e. The molecule has 0 spiro atoms. The van der Waals surface area contributed by atoms with E-state index in [1.807, 2.05) is 24.3 Å². The third-order valence-electron chi connectivity index (χ3n) is 2.78. The fourth-order valence-electron chi connectivity index (χ4n) is 1.68. The van der Waals surface area contributed by atoms with Crippen molar-refractivity contribution >= 4 is 21.8 Å². The molecule has 1 atom stereocenters. The van der Waals surface area contributed by atoms with Crippen LogP contribution in [0.25, 0.3) is 11.4 Å². The molecule has 5 nitrogen and oxygen atoms in total. The van der Waals surface area contributed by atoms with Crippen LogP contribution >= 0.6 is 15.9 Å². The summed E-state index contributed by atoms with van der Waals surface area (Å²) in [4.78, 5) is 15.8. The molecule has 21 heavy (non-hydrogen) atoms. The fraction of sp³-hybridized carbons (Fsp3) is 0.357. The van der Waals surface area contributed by atoms with E-state index < -0.39 is 12.7 Å². The van der Waals surface area contributed by atoms with Crippen LogP contribution < -0.4 is 5.32 Å². The quantitative estimate of drug-likeness (QED) is 0.864. The third-order valence-corrected chi connectivity index (χ3v) is 3.30. The molecule has 1 aromatic heterocycles. The monoisotopic (exact) mass is 355 g/mol. The van der Waals surface area contributed by atoms with Gasteiger partial charge < -0.3 is 9.84 Å². The topological polar surface area (TPSA) is 68.0 Å². The molecule has 1 heterocycles. The average Bonchev–Trinajstić information content (AvgIpc) is 2.94. The Labute approximate surface area is 130 Å². The number of halogens is 2. The van der Waals surface area contributed by atoms with Crippen molar-refractivity contribution in [2.24, 2.45) is 0 Å². The zero-order valence-electron chi connectivity index (χ0n) is 11.5. The molecule has 0 saturated heterocycles. The highest BCUT2D eigenvalue weighted by Gasteiger charge is 2.12. The molecule has 0 fully saturated rings. The lowest BCUT2D eigenvalue weighted by Gasteiger charge is -2.08. The Morgan fingerprint density at radius 2 is 2.14 bits per heavy atom. The van der Waals surface area contributed by atoms with Crippen LogP contribution in [0.15, 0.2) is 33.3 Å². The molecule has 7 heteroatoms. The van der Waals surface area contributed by atoms with Gasteiger partial charge in [-0.05, 0) is 31.2 Å². The van der Waals surface area contributed by atoms with Crippen molar-refractivity contribution in [3.05, 3.63) is 34.6 Å². The Balaban J connectivity index is 1.91. The van der Waals surface area contributed by atoms with E-state index in [0.717, 1.165) is 10.0 Å². The van der Waals surface area contributed by atoms with Gasteiger partial charge in [-0.3, -0.25) is 4.79 Å². The summed E-state index contributed by atoms with van der Waals surface area (Å²) in [6.07, 6.45) is 0.515. The normalized spacial score (nSPS) is 12.1. The molecule has 0 saturated carbocycles. The summed E-state index contributed by atoms with van der Waals surface area (Å²) < 4.78 is 18.3. The molecular formula is C14H15BrFN3O2. The van der Waals surface area contributed by atoms with Gasteiger partial charge >= 0.3 is 0 Å². The first kappa shape index (κ1) is 15.6. The summed E-state index contributed by atoms with van der Waals surface area (Å²) >= 11 is 3.35. The third kappa shape index (κ3) is 4.63. The van der Waals surface area contributed by atoms with Gasteiger partial charge in [-0.1, -0.05) is 21.1 Å². The van der Waals surface area contributed by atoms with Gasteiger partial charge in [0.2, 0.25) is 17.6 Å². The van der Waals surface area contributed by atoms with Crippen molar-refractivity contribution in [3.8, 4) is 11.4 Å². The first-order valence-electron chi connectivity index (χ1n) is 6.52. The van der Waals surface area contributed by atoms with Gasteiger partial charge in [0.15, 0.2) is 0 Å².